The summed E-state index contributed by atoms with van der Waals surface area (Å²) < 4.78 is 26.7. The van der Waals surface area contributed by atoms with Crippen LogP contribution in [0.25, 0.3) is 0 Å². The van der Waals surface area contributed by atoms with Gasteiger partial charge in [-0.1, -0.05) is 30.3 Å². The van der Waals surface area contributed by atoms with Crippen LogP contribution in [0.1, 0.15) is 11.1 Å². The molecule has 2 aromatic carbocycles. The average molecular weight is 301 g/mol. The van der Waals surface area contributed by atoms with Crippen molar-refractivity contribution in [2.24, 2.45) is 0 Å². The van der Waals surface area contributed by atoms with Crippen LogP contribution in [0.5, 0.6) is 0 Å². The molecule has 5 nitrogen and oxygen atoms in total. The van der Waals surface area contributed by atoms with E-state index in [1.54, 1.807) is 48.5 Å². The molecule has 21 heavy (non-hydrogen) atoms. The Morgan fingerprint density at radius 1 is 1.10 bits per heavy atom. The number of rotatable bonds is 5. The molecule has 0 saturated carbocycles. The molecule has 0 heterocycles. The van der Waals surface area contributed by atoms with E-state index in [2.05, 4.69) is 4.72 Å². The number of anilines is 2. The minimum atomic E-state index is -3.53. The van der Waals surface area contributed by atoms with E-state index in [9.17, 15) is 8.42 Å². The van der Waals surface area contributed by atoms with Gasteiger partial charge in [-0.15, -0.1) is 0 Å². The minimum absolute atomic E-state index is 0.181. The third-order valence-electron chi connectivity index (χ3n) is 2.91. The monoisotopic (exact) mass is 301 g/mol. The standard InChI is InChI=1S/C15H15N3O2S/c16-10-9-12-5-7-14(8-6-12)18-21(19,20)11-13-3-1-2-4-15(13)17/h1-8,18H,9,11,17H2. The number of nitrogen functional groups attached to an aromatic ring is 1. The molecule has 6 heteroatoms. The molecule has 0 spiro atoms. The van der Waals surface area contributed by atoms with E-state index in [1.807, 2.05) is 6.07 Å². The van der Waals surface area contributed by atoms with Gasteiger partial charge in [0.2, 0.25) is 10.0 Å². The average Bonchev–Trinajstić information content (AvgIpc) is 2.43. The molecule has 0 aliphatic rings. The van der Waals surface area contributed by atoms with Gasteiger partial charge in [0.1, 0.15) is 0 Å². The van der Waals surface area contributed by atoms with Crippen LogP contribution in [0.4, 0.5) is 11.4 Å². The molecule has 0 saturated heterocycles. The molecule has 0 aliphatic carbocycles. The normalized spacial score (nSPS) is 10.8. The zero-order chi connectivity index (χ0) is 15.3. The summed E-state index contributed by atoms with van der Waals surface area (Å²) in [5.41, 5.74) is 8.07. The molecule has 0 radical (unpaired) electrons. The number of nitrogens with two attached hydrogens (primary N) is 1. The van der Waals surface area contributed by atoms with Crippen LogP contribution in [-0.2, 0) is 22.2 Å². The smallest absolute Gasteiger partial charge is 0.236 e. The second-order valence-corrected chi connectivity index (χ2v) is 6.31. The van der Waals surface area contributed by atoms with Crippen molar-refractivity contribution in [3.63, 3.8) is 0 Å². The fourth-order valence-electron chi connectivity index (χ4n) is 1.87. The van der Waals surface area contributed by atoms with Gasteiger partial charge in [-0.25, -0.2) is 8.42 Å². The largest absolute Gasteiger partial charge is 0.398 e. The maximum Gasteiger partial charge on any atom is 0.236 e. The molecule has 0 bridgehead atoms. The molecule has 108 valence electrons. The Bertz CT molecular complexity index is 762. The summed E-state index contributed by atoms with van der Waals surface area (Å²) in [6, 6.07) is 15.6. The van der Waals surface area contributed by atoms with E-state index in [1.165, 1.54) is 0 Å². The van der Waals surface area contributed by atoms with Gasteiger partial charge < -0.3 is 5.73 Å². The second kappa shape index (κ2) is 6.29. The molecular formula is C15H15N3O2S. The van der Waals surface area contributed by atoms with Gasteiger partial charge in [-0.2, -0.15) is 5.26 Å². The Hall–Kier alpha value is -2.52. The summed E-state index contributed by atoms with van der Waals surface area (Å²) in [6.07, 6.45) is 0.299. The summed E-state index contributed by atoms with van der Waals surface area (Å²) in [5, 5.41) is 8.59. The summed E-state index contributed by atoms with van der Waals surface area (Å²) in [5.74, 6) is -0.181. The van der Waals surface area contributed by atoms with Crippen molar-refractivity contribution in [1.82, 2.24) is 0 Å². The zero-order valence-electron chi connectivity index (χ0n) is 11.3. The van der Waals surface area contributed by atoms with Gasteiger partial charge >= 0.3 is 0 Å². The lowest BCUT2D eigenvalue weighted by molar-refractivity contribution is 0.600. The topological polar surface area (TPSA) is 96.0 Å². The second-order valence-electron chi connectivity index (χ2n) is 4.59. The predicted molar refractivity (Wildman–Crippen MR) is 82.9 cm³/mol. The molecule has 2 aromatic rings. The predicted octanol–water partition coefficient (Wildman–Crippen LogP) is 2.28. The van der Waals surface area contributed by atoms with Gasteiger partial charge in [0.15, 0.2) is 0 Å². The van der Waals surface area contributed by atoms with E-state index in [0.717, 1.165) is 5.56 Å². The third-order valence-corrected chi connectivity index (χ3v) is 4.15. The first-order valence-corrected chi connectivity index (χ1v) is 7.95. The maximum atomic E-state index is 12.1. The van der Waals surface area contributed by atoms with Crippen LogP contribution in [0.2, 0.25) is 0 Å². The van der Waals surface area contributed by atoms with E-state index in [-0.39, 0.29) is 5.75 Å². The highest BCUT2D eigenvalue weighted by Crippen LogP contribution is 2.17. The number of sulfonamides is 1. The maximum absolute atomic E-state index is 12.1. The van der Waals surface area contributed by atoms with Crippen LogP contribution in [0, 0.1) is 11.3 Å². The SMILES string of the molecule is N#CCc1ccc(NS(=O)(=O)Cc2ccccc2N)cc1. The summed E-state index contributed by atoms with van der Waals surface area (Å²) in [4.78, 5) is 0. The van der Waals surface area contributed by atoms with Crippen molar-refractivity contribution < 1.29 is 8.42 Å². The van der Waals surface area contributed by atoms with Gasteiger partial charge in [-0.05, 0) is 29.3 Å². The molecule has 0 fully saturated rings. The Labute approximate surface area is 124 Å². The van der Waals surface area contributed by atoms with Gasteiger partial charge in [0, 0.05) is 11.4 Å². The first-order valence-electron chi connectivity index (χ1n) is 6.30. The molecular weight excluding hydrogens is 286 g/mol. The van der Waals surface area contributed by atoms with E-state index in [0.29, 0.717) is 23.4 Å². The van der Waals surface area contributed by atoms with Crippen molar-refractivity contribution in [3.05, 3.63) is 59.7 Å². The lowest BCUT2D eigenvalue weighted by Gasteiger charge is -2.10. The van der Waals surface area contributed by atoms with Crippen molar-refractivity contribution in [2.75, 3.05) is 10.5 Å². The highest BCUT2D eigenvalue weighted by atomic mass is 32.2. The molecule has 0 amide bonds. The Balaban J connectivity index is 2.11. The lowest BCUT2D eigenvalue weighted by Crippen LogP contribution is -2.15. The minimum Gasteiger partial charge on any atom is -0.398 e. The molecule has 0 aliphatic heterocycles. The van der Waals surface area contributed by atoms with Crippen LogP contribution in [-0.4, -0.2) is 8.42 Å². The van der Waals surface area contributed by atoms with Gasteiger partial charge in [0.25, 0.3) is 0 Å². The number of para-hydroxylation sites is 1. The number of nitrogens with zero attached hydrogens (tertiary/aromatic N) is 1. The van der Waals surface area contributed by atoms with Crippen LogP contribution in [0.15, 0.2) is 48.5 Å². The zero-order valence-corrected chi connectivity index (χ0v) is 12.1. The Kier molecular flexibility index (Phi) is 4.45. The van der Waals surface area contributed by atoms with Crippen LogP contribution >= 0.6 is 0 Å². The van der Waals surface area contributed by atoms with Gasteiger partial charge in [-0.3, -0.25) is 4.72 Å². The van der Waals surface area contributed by atoms with Crippen molar-refractivity contribution >= 4 is 21.4 Å². The number of hydrogen-bond acceptors (Lipinski definition) is 4. The molecule has 0 unspecified atom stereocenters. The molecule has 0 atom stereocenters. The molecule has 2 rings (SSSR count). The molecule has 0 aromatic heterocycles. The fourth-order valence-corrected chi connectivity index (χ4v) is 3.11. The van der Waals surface area contributed by atoms with Crippen molar-refractivity contribution in [1.29, 1.82) is 5.26 Å². The van der Waals surface area contributed by atoms with Crippen molar-refractivity contribution in [2.45, 2.75) is 12.2 Å². The highest BCUT2D eigenvalue weighted by Gasteiger charge is 2.13. The first-order chi connectivity index (χ1) is 10.00. The number of nitrogens with one attached hydrogen (secondary N) is 1. The lowest BCUT2D eigenvalue weighted by atomic mass is 10.1. The Morgan fingerprint density at radius 2 is 1.76 bits per heavy atom. The Morgan fingerprint density at radius 3 is 2.38 bits per heavy atom. The summed E-state index contributed by atoms with van der Waals surface area (Å²) in [7, 11) is -3.53. The van der Waals surface area contributed by atoms with Gasteiger partial charge in [0.05, 0.1) is 18.2 Å². The number of benzene rings is 2. The van der Waals surface area contributed by atoms with E-state index >= 15 is 0 Å². The van der Waals surface area contributed by atoms with Crippen LogP contribution < -0.4 is 10.5 Å². The fraction of sp³-hybridized carbons (Fsp3) is 0.133. The van der Waals surface area contributed by atoms with Crippen LogP contribution in [0.3, 0.4) is 0 Å². The van der Waals surface area contributed by atoms with E-state index < -0.39 is 10.0 Å². The number of hydrogen-bond donors (Lipinski definition) is 2. The van der Waals surface area contributed by atoms with Crippen molar-refractivity contribution in [3.8, 4) is 6.07 Å². The summed E-state index contributed by atoms with van der Waals surface area (Å²) >= 11 is 0. The summed E-state index contributed by atoms with van der Waals surface area (Å²) in [6.45, 7) is 0. The third kappa shape index (κ3) is 4.23. The molecule has 3 N–H and O–H groups in total. The highest BCUT2D eigenvalue weighted by molar-refractivity contribution is 7.91. The number of nitriles is 1. The first kappa shape index (κ1) is 14.9. The quantitative estimate of drug-likeness (QED) is 0.828. The van der Waals surface area contributed by atoms with E-state index in [4.69, 9.17) is 11.0 Å².